The number of carbonyl (C=O) groups excluding carboxylic acids is 1. The zero-order valence-electron chi connectivity index (χ0n) is 23.2. The zero-order chi connectivity index (χ0) is 28.1. The highest BCUT2D eigenvalue weighted by atomic mass is 16.5. The van der Waals surface area contributed by atoms with Crippen LogP contribution in [0.4, 0.5) is 28.1 Å². The Morgan fingerprint density at radius 3 is 1.85 bits per heavy atom. The fourth-order valence-corrected chi connectivity index (χ4v) is 4.85. The molecule has 212 valence electrons. The van der Waals surface area contributed by atoms with Gasteiger partial charge in [-0.1, -0.05) is 12.1 Å². The summed E-state index contributed by atoms with van der Waals surface area (Å²) in [6.07, 6.45) is 0.159. The van der Waals surface area contributed by atoms with Crippen LogP contribution in [0.1, 0.15) is 26.3 Å². The first-order valence-corrected chi connectivity index (χ1v) is 13.8. The van der Waals surface area contributed by atoms with E-state index in [4.69, 9.17) is 24.4 Å². The van der Waals surface area contributed by atoms with Crippen molar-refractivity contribution in [2.45, 2.75) is 45.4 Å². The van der Waals surface area contributed by atoms with Crippen molar-refractivity contribution < 1.29 is 19.4 Å². The summed E-state index contributed by atoms with van der Waals surface area (Å²) in [4.78, 5) is 31.5. The summed E-state index contributed by atoms with van der Waals surface area (Å²) >= 11 is 0. The first kappa shape index (κ1) is 27.8. The number of amides is 2. The van der Waals surface area contributed by atoms with Gasteiger partial charge in [-0.2, -0.15) is 15.0 Å². The summed E-state index contributed by atoms with van der Waals surface area (Å²) in [6.45, 7) is 9.89. The molecule has 3 heterocycles. The minimum absolute atomic E-state index is 0.151. The molecule has 2 fully saturated rings. The molecule has 3 atom stereocenters. The predicted octanol–water partition coefficient (Wildman–Crippen LogP) is 3.56. The molecule has 0 spiro atoms. The SMILES string of the molecule is CC(O)Cc1ccc(NC(=O)Nc2ccc(-c3nc(N4CCOCC4C)nc(N4CCOCC4C)n3)cc2)cc1. The van der Waals surface area contributed by atoms with Gasteiger partial charge in [0.25, 0.3) is 0 Å². The average Bonchev–Trinajstić information content (AvgIpc) is 2.94. The van der Waals surface area contributed by atoms with Gasteiger partial charge < -0.3 is 35.0 Å². The number of rotatable bonds is 7. The van der Waals surface area contributed by atoms with Gasteiger partial charge in [0.1, 0.15) is 0 Å². The molecule has 2 saturated heterocycles. The maximum Gasteiger partial charge on any atom is 0.323 e. The molecule has 0 radical (unpaired) electrons. The van der Waals surface area contributed by atoms with E-state index in [0.717, 1.165) is 11.1 Å². The second-order valence-corrected chi connectivity index (χ2v) is 10.4. The summed E-state index contributed by atoms with van der Waals surface area (Å²) in [5.41, 5.74) is 3.15. The summed E-state index contributed by atoms with van der Waals surface area (Å²) in [5, 5.41) is 15.2. The molecule has 3 N–H and O–H groups in total. The van der Waals surface area contributed by atoms with Gasteiger partial charge in [0.05, 0.1) is 44.6 Å². The molecule has 11 heteroatoms. The van der Waals surface area contributed by atoms with Crippen molar-refractivity contribution in [1.29, 1.82) is 0 Å². The fourth-order valence-electron chi connectivity index (χ4n) is 4.85. The van der Waals surface area contributed by atoms with E-state index >= 15 is 0 Å². The minimum Gasteiger partial charge on any atom is -0.393 e. The summed E-state index contributed by atoms with van der Waals surface area (Å²) in [5.74, 6) is 1.84. The van der Waals surface area contributed by atoms with E-state index in [0.29, 0.717) is 75.0 Å². The Morgan fingerprint density at radius 2 is 1.38 bits per heavy atom. The fraction of sp³-hybridized carbons (Fsp3) is 0.448. The van der Waals surface area contributed by atoms with Crippen LogP contribution in [0, 0.1) is 0 Å². The molecule has 2 amide bonds. The Kier molecular flexibility index (Phi) is 8.73. The molecule has 5 rings (SSSR count). The van der Waals surface area contributed by atoms with Crippen molar-refractivity contribution in [3.8, 4) is 11.4 Å². The van der Waals surface area contributed by atoms with E-state index in [1.54, 1.807) is 6.92 Å². The van der Waals surface area contributed by atoms with Gasteiger partial charge in [0, 0.05) is 30.0 Å². The normalized spacial score (nSPS) is 20.2. The molecule has 40 heavy (non-hydrogen) atoms. The van der Waals surface area contributed by atoms with Gasteiger partial charge in [-0.15, -0.1) is 0 Å². The molecule has 3 aromatic rings. The van der Waals surface area contributed by atoms with Crippen LogP contribution in [-0.2, 0) is 15.9 Å². The van der Waals surface area contributed by atoms with Gasteiger partial charge in [0.15, 0.2) is 5.82 Å². The topological polar surface area (TPSA) is 125 Å². The maximum absolute atomic E-state index is 12.6. The van der Waals surface area contributed by atoms with Crippen molar-refractivity contribution in [1.82, 2.24) is 15.0 Å². The number of ether oxygens (including phenoxy) is 2. The lowest BCUT2D eigenvalue weighted by Gasteiger charge is -2.36. The zero-order valence-corrected chi connectivity index (χ0v) is 23.2. The van der Waals surface area contributed by atoms with E-state index in [1.165, 1.54) is 0 Å². The number of benzene rings is 2. The van der Waals surface area contributed by atoms with Gasteiger partial charge >= 0.3 is 6.03 Å². The first-order valence-electron chi connectivity index (χ1n) is 13.8. The van der Waals surface area contributed by atoms with Crippen molar-refractivity contribution in [3.63, 3.8) is 0 Å². The highest BCUT2D eigenvalue weighted by molar-refractivity contribution is 5.99. The number of aliphatic hydroxyl groups excluding tert-OH is 1. The summed E-state index contributed by atoms with van der Waals surface area (Å²) < 4.78 is 11.2. The Balaban J connectivity index is 1.32. The van der Waals surface area contributed by atoms with Crippen molar-refractivity contribution in [2.24, 2.45) is 0 Å². The van der Waals surface area contributed by atoms with Gasteiger partial charge in [-0.3, -0.25) is 0 Å². The van der Waals surface area contributed by atoms with Gasteiger partial charge in [-0.05, 0) is 69.2 Å². The Bertz CT molecular complexity index is 1250. The van der Waals surface area contributed by atoms with Crippen LogP contribution in [0.5, 0.6) is 0 Å². The molecular weight excluding hydrogens is 510 g/mol. The monoisotopic (exact) mass is 547 g/mol. The molecule has 3 unspecified atom stereocenters. The lowest BCUT2D eigenvalue weighted by atomic mass is 10.1. The van der Waals surface area contributed by atoms with Crippen LogP contribution in [0.25, 0.3) is 11.4 Å². The van der Waals surface area contributed by atoms with Gasteiger partial charge in [-0.25, -0.2) is 4.79 Å². The molecule has 0 bridgehead atoms. The van der Waals surface area contributed by atoms with Crippen LogP contribution in [0.2, 0.25) is 0 Å². The molecular formula is C29H37N7O4. The van der Waals surface area contributed by atoms with Crippen LogP contribution >= 0.6 is 0 Å². The number of hydrogen-bond donors (Lipinski definition) is 3. The Morgan fingerprint density at radius 1 is 0.875 bits per heavy atom. The molecule has 0 saturated carbocycles. The van der Waals surface area contributed by atoms with Gasteiger partial charge in [0.2, 0.25) is 11.9 Å². The quantitative estimate of drug-likeness (QED) is 0.407. The molecule has 0 aliphatic carbocycles. The number of morpholine rings is 2. The second kappa shape index (κ2) is 12.6. The van der Waals surface area contributed by atoms with Crippen LogP contribution in [-0.4, -0.2) is 83.8 Å². The number of hydrogen-bond acceptors (Lipinski definition) is 9. The summed E-state index contributed by atoms with van der Waals surface area (Å²) in [6, 6.07) is 14.8. The van der Waals surface area contributed by atoms with Crippen LogP contribution < -0.4 is 20.4 Å². The predicted molar refractivity (Wildman–Crippen MR) is 155 cm³/mol. The Hall–Kier alpha value is -3.80. The molecule has 11 nitrogen and oxygen atoms in total. The second-order valence-electron chi connectivity index (χ2n) is 10.4. The van der Waals surface area contributed by atoms with Crippen LogP contribution in [0.15, 0.2) is 48.5 Å². The molecule has 1 aromatic heterocycles. The first-order chi connectivity index (χ1) is 19.4. The number of anilines is 4. The third-order valence-corrected chi connectivity index (χ3v) is 7.00. The van der Waals surface area contributed by atoms with Crippen molar-refractivity contribution >= 4 is 29.3 Å². The smallest absolute Gasteiger partial charge is 0.323 e. The number of aliphatic hydroxyl groups is 1. The highest BCUT2D eigenvalue weighted by Crippen LogP contribution is 2.26. The number of nitrogens with one attached hydrogen (secondary N) is 2. The highest BCUT2D eigenvalue weighted by Gasteiger charge is 2.27. The number of urea groups is 1. The van der Waals surface area contributed by atoms with E-state index in [1.807, 2.05) is 48.5 Å². The largest absolute Gasteiger partial charge is 0.393 e. The third-order valence-electron chi connectivity index (χ3n) is 7.00. The minimum atomic E-state index is -0.410. The van der Waals surface area contributed by atoms with E-state index < -0.39 is 6.10 Å². The molecule has 2 aliphatic heterocycles. The average molecular weight is 548 g/mol. The van der Waals surface area contributed by atoms with E-state index in [-0.39, 0.29) is 18.1 Å². The number of nitrogens with zero attached hydrogens (tertiary/aromatic N) is 5. The van der Waals surface area contributed by atoms with Crippen LogP contribution in [0.3, 0.4) is 0 Å². The lowest BCUT2D eigenvalue weighted by molar-refractivity contribution is 0.0969. The van der Waals surface area contributed by atoms with E-state index in [2.05, 4.69) is 34.3 Å². The summed E-state index contributed by atoms with van der Waals surface area (Å²) in [7, 11) is 0. The lowest BCUT2D eigenvalue weighted by Crippen LogP contribution is -2.46. The van der Waals surface area contributed by atoms with E-state index in [9.17, 15) is 9.90 Å². The Labute approximate surface area is 234 Å². The third kappa shape index (κ3) is 6.85. The van der Waals surface area contributed by atoms with Crippen molar-refractivity contribution in [3.05, 3.63) is 54.1 Å². The standard InChI is InChI=1S/C29H37N7O4/c1-19-17-39-14-12-35(19)27-32-26(33-28(34-27)36-13-15-40-18-20(36)2)23-6-10-25(11-7-23)31-29(38)30-24-8-4-22(5-9-24)16-21(3)37/h4-11,19-21,37H,12-18H2,1-3H3,(H2,30,31,38). The molecule has 2 aromatic carbocycles. The number of aromatic nitrogens is 3. The number of carbonyl (C=O) groups is 1. The van der Waals surface area contributed by atoms with Crippen molar-refractivity contribution in [2.75, 3.05) is 60.0 Å². The maximum atomic E-state index is 12.6. The molecule has 2 aliphatic rings.